The molecule has 6 nitrogen and oxygen atoms in total. The Bertz CT molecular complexity index is 652. The lowest BCUT2D eigenvalue weighted by Gasteiger charge is -2.04. The second-order valence-electron chi connectivity index (χ2n) is 3.72. The molecule has 0 unspecified atom stereocenters. The van der Waals surface area contributed by atoms with E-state index in [9.17, 15) is 9.59 Å². The summed E-state index contributed by atoms with van der Waals surface area (Å²) in [6, 6.07) is 7.54. The van der Waals surface area contributed by atoms with Crippen molar-refractivity contribution < 1.29 is 4.79 Å². The van der Waals surface area contributed by atoms with Crippen LogP contribution in [0.4, 0.5) is 5.69 Å². The van der Waals surface area contributed by atoms with Gasteiger partial charge in [0, 0.05) is 16.3 Å². The van der Waals surface area contributed by atoms with Gasteiger partial charge in [-0.05, 0) is 40.8 Å². The SMILES string of the molecule is Cn1c(SCC(=O)Nc2cccc(I)c2)n[nH]c1=O. The summed E-state index contributed by atoms with van der Waals surface area (Å²) in [4.78, 5) is 22.9. The number of hydrogen-bond donors (Lipinski definition) is 2. The summed E-state index contributed by atoms with van der Waals surface area (Å²) in [7, 11) is 1.60. The molecular formula is C11H11IN4O2S. The van der Waals surface area contributed by atoms with E-state index in [-0.39, 0.29) is 17.3 Å². The summed E-state index contributed by atoms with van der Waals surface area (Å²) in [5.41, 5.74) is 0.467. The van der Waals surface area contributed by atoms with Crippen LogP contribution in [0.15, 0.2) is 34.2 Å². The Morgan fingerprint density at radius 2 is 2.37 bits per heavy atom. The Hall–Kier alpha value is -1.29. The van der Waals surface area contributed by atoms with E-state index >= 15 is 0 Å². The van der Waals surface area contributed by atoms with Gasteiger partial charge in [-0.15, -0.1) is 5.10 Å². The number of H-pyrrole nitrogens is 1. The molecule has 8 heteroatoms. The summed E-state index contributed by atoms with van der Waals surface area (Å²) in [6.45, 7) is 0. The summed E-state index contributed by atoms with van der Waals surface area (Å²) in [5.74, 6) is 0.0614. The highest BCUT2D eigenvalue weighted by atomic mass is 127. The van der Waals surface area contributed by atoms with Crippen molar-refractivity contribution in [2.75, 3.05) is 11.1 Å². The highest BCUT2D eigenvalue weighted by molar-refractivity contribution is 14.1. The minimum atomic E-state index is -0.291. The highest BCUT2D eigenvalue weighted by Gasteiger charge is 2.08. The maximum absolute atomic E-state index is 11.8. The molecule has 0 aliphatic carbocycles. The van der Waals surface area contributed by atoms with Crippen molar-refractivity contribution in [2.24, 2.45) is 7.05 Å². The molecule has 0 aliphatic heterocycles. The number of halogens is 1. The van der Waals surface area contributed by atoms with E-state index in [0.717, 1.165) is 9.26 Å². The van der Waals surface area contributed by atoms with Crippen LogP contribution < -0.4 is 11.0 Å². The molecule has 1 heterocycles. The lowest BCUT2D eigenvalue weighted by Crippen LogP contribution is -2.16. The molecule has 2 aromatic rings. The van der Waals surface area contributed by atoms with Gasteiger partial charge >= 0.3 is 5.69 Å². The number of carbonyl (C=O) groups is 1. The normalized spacial score (nSPS) is 10.4. The lowest BCUT2D eigenvalue weighted by molar-refractivity contribution is -0.113. The zero-order valence-electron chi connectivity index (χ0n) is 10.0. The van der Waals surface area contributed by atoms with Gasteiger partial charge in [-0.3, -0.25) is 9.36 Å². The van der Waals surface area contributed by atoms with Crippen molar-refractivity contribution >= 4 is 45.9 Å². The molecule has 0 saturated carbocycles. The van der Waals surface area contributed by atoms with Gasteiger partial charge in [0.25, 0.3) is 0 Å². The molecule has 1 aromatic heterocycles. The standard InChI is InChI=1S/C11H11IN4O2S/c1-16-10(18)14-15-11(16)19-6-9(17)13-8-4-2-3-7(12)5-8/h2-5H,6H2,1H3,(H,13,17)(H,14,18). The fraction of sp³-hybridized carbons (Fsp3) is 0.182. The van der Waals surface area contributed by atoms with E-state index in [2.05, 4.69) is 38.1 Å². The van der Waals surface area contributed by atoms with Crippen LogP contribution >= 0.6 is 34.4 Å². The number of aromatic amines is 1. The Morgan fingerprint density at radius 1 is 1.58 bits per heavy atom. The van der Waals surface area contributed by atoms with E-state index in [1.807, 2.05) is 24.3 Å². The van der Waals surface area contributed by atoms with Crippen molar-refractivity contribution in [1.82, 2.24) is 14.8 Å². The summed E-state index contributed by atoms with van der Waals surface area (Å²) in [6.07, 6.45) is 0. The van der Waals surface area contributed by atoms with Gasteiger partial charge in [0.05, 0.1) is 5.75 Å². The number of carbonyl (C=O) groups excluding carboxylic acids is 1. The van der Waals surface area contributed by atoms with Crippen molar-refractivity contribution in [3.63, 3.8) is 0 Å². The first-order valence-electron chi connectivity index (χ1n) is 5.36. The van der Waals surface area contributed by atoms with E-state index in [0.29, 0.717) is 5.16 Å². The third kappa shape index (κ3) is 3.83. The third-order valence-electron chi connectivity index (χ3n) is 2.28. The number of aromatic nitrogens is 3. The van der Waals surface area contributed by atoms with Crippen molar-refractivity contribution in [2.45, 2.75) is 5.16 Å². The lowest BCUT2D eigenvalue weighted by atomic mass is 10.3. The van der Waals surface area contributed by atoms with Crippen LogP contribution in [0.25, 0.3) is 0 Å². The fourth-order valence-corrected chi connectivity index (χ4v) is 2.62. The van der Waals surface area contributed by atoms with Crippen LogP contribution in [-0.4, -0.2) is 26.4 Å². The average molecular weight is 390 g/mol. The highest BCUT2D eigenvalue weighted by Crippen LogP contribution is 2.15. The quantitative estimate of drug-likeness (QED) is 0.612. The van der Waals surface area contributed by atoms with Crippen molar-refractivity contribution in [1.29, 1.82) is 0 Å². The smallest absolute Gasteiger partial charge is 0.325 e. The van der Waals surface area contributed by atoms with Gasteiger partial charge < -0.3 is 5.32 Å². The number of nitrogens with one attached hydrogen (secondary N) is 2. The van der Waals surface area contributed by atoms with Gasteiger partial charge in [-0.2, -0.15) is 0 Å². The predicted octanol–water partition coefficient (Wildman–Crippen LogP) is 1.44. The van der Waals surface area contributed by atoms with Crippen LogP contribution in [0, 0.1) is 3.57 Å². The number of amides is 1. The molecule has 100 valence electrons. The molecule has 1 amide bonds. The molecule has 0 saturated heterocycles. The monoisotopic (exact) mass is 390 g/mol. The van der Waals surface area contributed by atoms with E-state index in [1.54, 1.807) is 7.05 Å². The molecule has 0 atom stereocenters. The van der Waals surface area contributed by atoms with Gasteiger partial charge in [-0.1, -0.05) is 17.8 Å². The van der Waals surface area contributed by atoms with Crippen LogP contribution in [0.1, 0.15) is 0 Å². The minimum Gasteiger partial charge on any atom is -0.325 e. The Labute approximate surface area is 127 Å². The molecule has 19 heavy (non-hydrogen) atoms. The number of nitrogens with zero attached hydrogens (tertiary/aromatic N) is 2. The first-order valence-corrected chi connectivity index (χ1v) is 7.42. The van der Waals surface area contributed by atoms with Crippen LogP contribution in [0.5, 0.6) is 0 Å². The molecule has 2 rings (SSSR count). The second-order valence-corrected chi connectivity index (χ2v) is 5.91. The van der Waals surface area contributed by atoms with E-state index < -0.39 is 0 Å². The summed E-state index contributed by atoms with van der Waals surface area (Å²) < 4.78 is 2.42. The number of benzene rings is 1. The number of hydrogen-bond acceptors (Lipinski definition) is 4. The van der Waals surface area contributed by atoms with Crippen molar-refractivity contribution in [3.05, 3.63) is 38.3 Å². The molecule has 2 N–H and O–H groups in total. The maximum Gasteiger partial charge on any atom is 0.343 e. The molecule has 0 spiro atoms. The summed E-state index contributed by atoms with van der Waals surface area (Å²) in [5, 5.41) is 9.42. The Morgan fingerprint density at radius 3 is 3.00 bits per heavy atom. The van der Waals surface area contributed by atoms with Gasteiger partial charge in [0.15, 0.2) is 5.16 Å². The zero-order chi connectivity index (χ0) is 13.8. The summed E-state index contributed by atoms with van der Waals surface area (Å²) >= 11 is 3.39. The largest absolute Gasteiger partial charge is 0.343 e. The molecule has 1 aromatic carbocycles. The van der Waals surface area contributed by atoms with Gasteiger partial charge in [-0.25, -0.2) is 9.89 Å². The van der Waals surface area contributed by atoms with Gasteiger partial charge in [0.1, 0.15) is 0 Å². The topological polar surface area (TPSA) is 79.8 Å². The van der Waals surface area contributed by atoms with Crippen LogP contribution in [-0.2, 0) is 11.8 Å². The van der Waals surface area contributed by atoms with E-state index in [1.165, 1.54) is 16.3 Å². The maximum atomic E-state index is 11.8. The number of anilines is 1. The molecule has 0 fully saturated rings. The van der Waals surface area contributed by atoms with Gasteiger partial charge in [0.2, 0.25) is 5.91 Å². The predicted molar refractivity (Wildman–Crippen MR) is 82.3 cm³/mol. The van der Waals surface area contributed by atoms with Crippen LogP contribution in [0.2, 0.25) is 0 Å². The second kappa shape index (κ2) is 6.24. The first-order chi connectivity index (χ1) is 9.06. The van der Waals surface area contributed by atoms with E-state index in [4.69, 9.17) is 0 Å². The third-order valence-corrected chi connectivity index (χ3v) is 3.98. The average Bonchev–Trinajstić information content (AvgIpc) is 2.68. The molecular weight excluding hydrogens is 379 g/mol. The number of rotatable bonds is 4. The zero-order valence-corrected chi connectivity index (χ0v) is 13.0. The Balaban J connectivity index is 1.92. The minimum absolute atomic E-state index is 0.137. The molecule has 0 bridgehead atoms. The van der Waals surface area contributed by atoms with Crippen LogP contribution in [0.3, 0.4) is 0 Å². The van der Waals surface area contributed by atoms with Crippen molar-refractivity contribution in [3.8, 4) is 0 Å². The first kappa shape index (κ1) is 14.1. The number of thioether (sulfide) groups is 1. The molecule has 0 aliphatic rings. The fourth-order valence-electron chi connectivity index (χ4n) is 1.36. The molecule has 0 radical (unpaired) electrons. The Kier molecular flexibility index (Phi) is 4.64.